The zero-order valence-corrected chi connectivity index (χ0v) is 12.2. The van der Waals surface area contributed by atoms with E-state index in [1.54, 1.807) is 13.8 Å². The van der Waals surface area contributed by atoms with Gasteiger partial charge >= 0.3 is 12.0 Å². The number of carbonyl (C=O) groups is 3. The fourth-order valence-corrected chi connectivity index (χ4v) is 1.36. The molecule has 3 amide bonds. The lowest BCUT2D eigenvalue weighted by atomic mass is 10.2. The summed E-state index contributed by atoms with van der Waals surface area (Å²) in [6, 6.07) is -2.56. The Balaban J connectivity index is 4.30. The number of carbonyl (C=O) groups excluding carboxylic acids is 2. The molecular formula is C12H23N3O5. The zero-order chi connectivity index (χ0) is 15.7. The van der Waals surface area contributed by atoms with E-state index >= 15 is 0 Å². The van der Waals surface area contributed by atoms with E-state index in [1.165, 1.54) is 14.0 Å². The van der Waals surface area contributed by atoms with Gasteiger partial charge in [0.15, 0.2) is 0 Å². The first kappa shape index (κ1) is 18.2. The van der Waals surface area contributed by atoms with E-state index in [0.29, 0.717) is 0 Å². The molecule has 0 aliphatic carbocycles. The van der Waals surface area contributed by atoms with E-state index in [9.17, 15) is 14.4 Å². The number of carboxylic acids is 1. The first-order valence-electron chi connectivity index (χ1n) is 6.37. The molecule has 0 saturated heterocycles. The van der Waals surface area contributed by atoms with Crippen molar-refractivity contribution in [2.45, 2.75) is 45.3 Å². The molecule has 0 heterocycles. The van der Waals surface area contributed by atoms with Gasteiger partial charge in [0.25, 0.3) is 0 Å². The number of hydrogen-bond acceptors (Lipinski definition) is 4. The van der Waals surface area contributed by atoms with Gasteiger partial charge in [-0.05, 0) is 20.8 Å². The number of aliphatic carboxylic acids is 1. The third-order valence-corrected chi connectivity index (χ3v) is 2.39. The molecule has 2 atom stereocenters. The highest BCUT2D eigenvalue weighted by Gasteiger charge is 2.22. The van der Waals surface area contributed by atoms with Crippen LogP contribution in [0.4, 0.5) is 4.79 Å². The van der Waals surface area contributed by atoms with Gasteiger partial charge in [-0.3, -0.25) is 4.79 Å². The SMILES string of the molecule is COCCC(NC(=O)NC(C)C(=O)NC(C)C)C(=O)O. The number of amides is 3. The summed E-state index contributed by atoms with van der Waals surface area (Å²) in [6.07, 6.45) is 0.145. The highest BCUT2D eigenvalue weighted by atomic mass is 16.5. The van der Waals surface area contributed by atoms with Crippen molar-refractivity contribution in [1.82, 2.24) is 16.0 Å². The highest BCUT2D eigenvalue weighted by molar-refractivity contribution is 5.88. The fourth-order valence-electron chi connectivity index (χ4n) is 1.36. The monoisotopic (exact) mass is 289 g/mol. The van der Waals surface area contributed by atoms with Gasteiger partial charge in [-0.2, -0.15) is 0 Å². The van der Waals surface area contributed by atoms with Gasteiger partial charge in [-0.25, -0.2) is 9.59 Å². The van der Waals surface area contributed by atoms with Crippen LogP contribution in [0.1, 0.15) is 27.2 Å². The molecule has 8 heteroatoms. The Morgan fingerprint density at radius 1 is 1.10 bits per heavy atom. The molecule has 0 bridgehead atoms. The summed E-state index contributed by atoms with van der Waals surface area (Å²) in [7, 11) is 1.44. The maximum absolute atomic E-state index is 11.6. The molecule has 0 aromatic heterocycles. The van der Waals surface area contributed by atoms with E-state index < -0.39 is 24.1 Å². The zero-order valence-electron chi connectivity index (χ0n) is 12.2. The topological polar surface area (TPSA) is 117 Å². The van der Waals surface area contributed by atoms with E-state index in [0.717, 1.165) is 0 Å². The second-order valence-electron chi connectivity index (χ2n) is 4.68. The third kappa shape index (κ3) is 7.57. The molecule has 8 nitrogen and oxygen atoms in total. The summed E-state index contributed by atoms with van der Waals surface area (Å²) >= 11 is 0. The van der Waals surface area contributed by atoms with Crippen LogP contribution in [0.25, 0.3) is 0 Å². The van der Waals surface area contributed by atoms with Gasteiger partial charge in [-0.15, -0.1) is 0 Å². The van der Waals surface area contributed by atoms with Crippen molar-refractivity contribution < 1.29 is 24.2 Å². The lowest BCUT2D eigenvalue weighted by Gasteiger charge is -2.19. The number of carboxylic acid groups (broad SMARTS) is 1. The highest BCUT2D eigenvalue weighted by Crippen LogP contribution is 1.94. The van der Waals surface area contributed by atoms with Crippen molar-refractivity contribution in [3.63, 3.8) is 0 Å². The molecule has 0 aliphatic rings. The molecule has 0 saturated carbocycles. The van der Waals surface area contributed by atoms with E-state index in [2.05, 4.69) is 16.0 Å². The Labute approximate surface area is 118 Å². The summed E-state index contributed by atoms with van der Waals surface area (Å²) in [5.74, 6) is -1.49. The molecule has 116 valence electrons. The average Bonchev–Trinajstić information content (AvgIpc) is 2.32. The van der Waals surface area contributed by atoms with E-state index in [1.807, 2.05) is 0 Å². The number of rotatable bonds is 8. The minimum absolute atomic E-state index is 0.0386. The van der Waals surface area contributed by atoms with Gasteiger partial charge in [0.2, 0.25) is 5.91 Å². The first-order chi connectivity index (χ1) is 9.27. The normalized spacial score (nSPS) is 13.4. The molecule has 0 radical (unpaired) electrons. The van der Waals surface area contributed by atoms with Gasteiger partial charge in [-0.1, -0.05) is 0 Å². The molecule has 0 rings (SSSR count). The molecular weight excluding hydrogens is 266 g/mol. The number of ether oxygens (including phenoxy) is 1. The third-order valence-electron chi connectivity index (χ3n) is 2.39. The van der Waals surface area contributed by atoms with Crippen LogP contribution in [0, 0.1) is 0 Å². The van der Waals surface area contributed by atoms with Gasteiger partial charge < -0.3 is 25.8 Å². The quantitative estimate of drug-likeness (QED) is 0.489. The second kappa shape index (κ2) is 9.13. The van der Waals surface area contributed by atoms with Crippen molar-refractivity contribution >= 4 is 17.9 Å². The van der Waals surface area contributed by atoms with Gasteiger partial charge in [0.05, 0.1) is 0 Å². The average molecular weight is 289 g/mol. The summed E-state index contributed by atoms with van der Waals surface area (Å²) in [5.41, 5.74) is 0. The Bertz CT molecular complexity index is 346. The summed E-state index contributed by atoms with van der Waals surface area (Å²) in [6.45, 7) is 5.33. The summed E-state index contributed by atoms with van der Waals surface area (Å²) in [4.78, 5) is 34.1. The van der Waals surface area contributed by atoms with Gasteiger partial charge in [0.1, 0.15) is 12.1 Å². The summed E-state index contributed by atoms with van der Waals surface area (Å²) in [5, 5.41) is 16.2. The smallest absolute Gasteiger partial charge is 0.326 e. The number of hydrogen-bond donors (Lipinski definition) is 4. The van der Waals surface area contributed by atoms with Crippen LogP contribution in [-0.2, 0) is 14.3 Å². The maximum Gasteiger partial charge on any atom is 0.326 e. The Morgan fingerprint density at radius 2 is 1.70 bits per heavy atom. The lowest BCUT2D eigenvalue weighted by Crippen LogP contribution is -2.53. The van der Waals surface area contributed by atoms with Crippen molar-refractivity contribution in [1.29, 1.82) is 0 Å². The standard InChI is InChI=1S/C12H23N3O5/c1-7(2)13-10(16)8(3)14-12(19)15-9(11(17)18)5-6-20-4/h7-9H,5-6H2,1-4H3,(H,13,16)(H,17,18)(H2,14,15,19). The van der Waals surface area contributed by atoms with Crippen molar-refractivity contribution in [2.75, 3.05) is 13.7 Å². The first-order valence-corrected chi connectivity index (χ1v) is 6.37. The van der Waals surface area contributed by atoms with Crippen molar-refractivity contribution in [3.05, 3.63) is 0 Å². The minimum atomic E-state index is -1.16. The van der Waals surface area contributed by atoms with Crippen LogP contribution >= 0.6 is 0 Å². The lowest BCUT2D eigenvalue weighted by molar-refractivity contribution is -0.139. The number of urea groups is 1. The number of nitrogens with one attached hydrogen (secondary N) is 3. The predicted octanol–water partition coefficient (Wildman–Crippen LogP) is -0.312. The van der Waals surface area contributed by atoms with Crippen LogP contribution < -0.4 is 16.0 Å². The molecule has 0 aliphatic heterocycles. The molecule has 20 heavy (non-hydrogen) atoms. The molecule has 0 fully saturated rings. The molecule has 0 aromatic carbocycles. The number of methoxy groups -OCH3 is 1. The van der Waals surface area contributed by atoms with Crippen molar-refractivity contribution in [2.24, 2.45) is 0 Å². The van der Waals surface area contributed by atoms with Crippen LogP contribution in [-0.4, -0.2) is 54.9 Å². The fraction of sp³-hybridized carbons (Fsp3) is 0.750. The molecule has 2 unspecified atom stereocenters. The van der Waals surface area contributed by atoms with Crippen LogP contribution in [0.15, 0.2) is 0 Å². The molecule has 4 N–H and O–H groups in total. The second-order valence-corrected chi connectivity index (χ2v) is 4.68. The largest absolute Gasteiger partial charge is 0.480 e. The van der Waals surface area contributed by atoms with E-state index in [-0.39, 0.29) is 25.0 Å². The van der Waals surface area contributed by atoms with Crippen molar-refractivity contribution in [3.8, 4) is 0 Å². The van der Waals surface area contributed by atoms with E-state index in [4.69, 9.17) is 9.84 Å². The predicted molar refractivity (Wildman–Crippen MR) is 72.3 cm³/mol. The maximum atomic E-state index is 11.6. The van der Waals surface area contributed by atoms with Gasteiger partial charge in [0, 0.05) is 26.2 Å². The Morgan fingerprint density at radius 3 is 2.15 bits per heavy atom. The summed E-state index contributed by atoms with van der Waals surface area (Å²) < 4.78 is 4.77. The molecule has 0 spiro atoms. The molecule has 0 aromatic rings. The van der Waals surface area contributed by atoms with Crippen LogP contribution in [0.5, 0.6) is 0 Å². The minimum Gasteiger partial charge on any atom is -0.480 e. The Hall–Kier alpha value is -1.83. The van der Waals surface area contributed by atoms with Crippen LogP contribution in [0.2, 0.25) is 0 Å². The Kier molecular flexibility index (Phi) is 8.30. The van der Waals surface area contributed by atoms with Crippen LogP contribution in [0.3, 0.4) is 0 Å².